The van der Waals surface area contributed by atoms with Crippen molar-refractivity contribution in [2.45, 2.75) is 58.9 Å². The van der Waals surface area contributed by atoms with E-state index in [9.17, 15) is 9.59 Å². The summed E-state index contributed by atoms with van der Waals surface area (Å²) in [5.41, 5.74) is 8.52. The Kier molecular flexibility index (Phi) is 9.78. The van der Waals surface area contributed by atoms with Crippen molar-refractivity contribution in [1.82, 2.24) is 4.90 Å². The highest BCUT2D eigenvalue weighted by atomic mass is 16.2. The predicted molar refractivity (Wildman–Crippen MR) is 143 cm³/mol. The molecule has 1 heterocycles. The number of nitrogens with zero attached hydrogens (tertiary/aromatic N) is 2. The van der Waals surface area contributed by atoms with Gasteiger partial charge in [0.25, 0.3) is 0 Å². The molecule has 0 aliphatic carbocycles. The molecular formula is C30H39N3O2. The fourth-order valence-corrected chi connectivity index (χ4v) is 4.59. The van der Waals surface area contributed by atoms with Crippen LogP contribution in [0.25, 0.3) is 0 Å². The Labute approximate surface area is 210 Å². The van der Waals surface area contributed by atoms with Crippen molar-refractivity contribution in [3.8, 4) is 11.8 Å². The number of primary amides is 1. The minimum absolute atomic E-state index is 0.0104. The Morgan fingerprint density at radius 1 is 0.943 bits per heavy atom. The number of hydrogen-bond donors (Lipinski definition) is 1. The molecule has 1 fully saturated rings. The first kappa shape index (κ1) is 26.3. The molecule has 1 atom stereocenters. The van der Waals surface area contributed by atoms with Crippen LogP contribution < -0.4 is 10.6 Å². The summed E-state index contributed by atoms with van der Waals surface area (Å²) in [6.07, 6.45) is 3.67. The number of anilines is 1. The fourth-order valence-electron chi connectivity index (χ4n) is 4.59. The molecule has 2 N–H and O–H groups in total. The second-order valence-corrected chi connectivity index (χ2v) is 10.1. The van der Waals surface area contributed by atoms with Crippen LogP contribution in [0, 0.1) is 23.7 Å². The smallest absolute Gasteiger partial charge is 0.222 e. The van der Waals surface area contributed by atoms with Crippen molar-refractivity contribution in [1.29, 1.82) is 0 Å². The molecule has 0 spiro atoms. The summed E-state index contributed by atoms with van der Waals surface area (Å²) in [6, 6.07) is 19.0. The number of carbonyl (C=O) groups excluding carboxylic acids is 2. The molecule has 0 saturated carbocycles. The van der Waals surface area contributed by atoms with E-state index in [0.29, 0.717) is 18.4 Å². The van der Waals surface area contributed by atoms with Crippen LogP contribution in [0.5, 0.6) is 0 Å². The minimum Gasteiger partial charge on any atom is -0.370 e. The molecule has 0 radical (unpaired) electrons. The van der Waals surface area contributed by atoms with E-state index >= 15 is 0 Å². The van der Waals surface area contributed by atoms with Crippen molar-refractivity contribution in [3.63, 3.8) is 0 Å². The van der Waals surface area contributed by atoms with Crippen LogP contribution in [0.4, 0.5) is 5.69 Å². The van der Waals surface area contributed by atoms with Gasteiger partial charge < -0.3 is 15.5 Å². The van der Waals surface area contributed by atoms with E-state index in [1.54, 1.807) is 0 Å². The number of nitrogens with two attached hydrogens (primary N) is 1. The predicted octanol–water partition coefficient (Wildman–Crippen LogP) is 4.83. The number of piperidine rings is 1. The topological polar surface area (TPSA) is 66.6 Å². The largest absolute Gasteiger partial charge is 0.370 e. The molecule has 1 unspecified atom stereocenters. The SMILES string of the molecule is CC(C)CCN(c1ccc(C#Cc2ccccc2)cc1)C1CCN(C(=O)CC(C)CC(N)=O)CC1. The molecule has 186 valence electrons. The number of rotatable bonds is 9. The zero-order valence-corrected chi connectivity index (χ0v) is 21.4. The summed E-state index contributed by atoms with van der Waals surface area (Å²) in [6.45, 7) is 8.94. The summed E-state index contributed by atoms with van der Waals surface area (Å²) in [7, 11) is 0. The number of amides is 2. The maximum Gasteiger partial charge on any atom is 0.222 e. The lowest BCUT2D eigenvalue weighted by molar-refractivity contribution is -0.133. The van der Waals surface area contributed by atoms with Crippen molar-refractivity contribution >= 4 is 17.5 Å². The van der Waals surface area contributed by atoms with Gasteiger partial charge >= 0.3 is 0 Å². The number of hydrogen-bond acceptors (Lipinski definition) is 3. The zero-order chi connectivity index (χ0) is 25.2. The molecule has 1 aliphatic heterocycles. The molecular weight excluding hydrogens is 434 g/mol. The highest BCUT2D eigenvalue weighted by Crippen LogP contribution is 2.26. The van der Waals surface area contributed by atoms with Gasteiger partial charge in [-0.15, -0.1) is 0 Å². The normalized spacial score (nSPS) is 14.8. The van der Waals surface area contributed by atoms with E-state index in [1.165, 1.54) is 5.69 Å². The van der Waals surface area contributed by atoms with Gasteiger partial charge in [-0.1, -0.05) is 50.8 Å². The monoisotopic (exact) mass is 473 g/mol. The van der Waals surface area contributed by atoms with Crippen LogP contribution in [0.2, 0.25) is 0 Å². The molecule has 1 aliphatic rings. The maximum absolute atomic E-state index is 12.7. The van der Waals surface area contributed by atoms with Crippen LogP contribution in [0.3, 0.4) is 0 Å². The highest BCUT2D eigenvalue weighted by Gasteiger charge is 2.28. The van der Waals surface area contributed by atoms with Crippen LogP contribution in [-0.4, -0.2) is 42.4 Å². The van der Waals surface area contributed by atoms with Gasteiger partial charge in [-0.05, 0) is 67.5 Å². The molecule has 0 aromatic heterocycles. The summed E-state index contributed by atoms with van der Waals surface area (Å²) in [5, 5.41) is 0. The molecule has 2 amide bonds. The molecule has 5 nitrogen and oxygen atoms in total. The second-order valence-electron chi connectivity index (χ2n) is 10.1. The van der Waals surface area contributed by atoms with E-state index in [-0.39, 0.29) is 24.2 Å². The summed E-state index contributed by atoms with van der Waals surface area (Å²) in [5.74, 6) is 6.89. The average Bonchev–Trinajstić information content (AvgIpc) is 2.84. The lowest BCUT2D eigenvalue weighted by Crippen LogP contribution is -2.47. The first-order chi connectivity index (χ1) is 16.8. The maximum atomic E-state index is 12.7. The Morgan fingerprint density at radius 2 is 1.54 bits per heavy atom. The van der Waals surface area contributed by atoms with Crippen LogP contribution >= 0.6 is 0 Å². The molecule has 5 heteroatoms. The fraction of sp³-hybridized carbons (Fsp3) is 0.467. The van der Waals surface area contributed by atoms with Crippen molar-refractivity contribution in [2.24, 2.45) is 17.6 Å². The quantitative estimate of drug-likeness (QED) is 0.531. The summed E-state index contributed by atoms with van der Waals surface area (Å²) < 4.78 is 0. The average molecular weight is 474 g/mol. The van der Waals surface area contributed by atoms with E-state index in [2.05, 4.69) is 54.9 Å². The number of benzene rings is 2. The van der Waals surface area contributed by atoms with E-state index in [0.717, 1.165) is 50.0 Å². The van der Waals surface area contributed by atoms with Gasteiger partial charge in [-0.2, -0.15) is 0 Å². The summed E-state index contributed by atoms with van der Waals surface area (Å²) >= 11 is 0. The minimum atomic E-state index is -0.345. The van der Waals surface area contributed by atoms with Crippen LogP contribution in [0.1, 0.15) is 64.0 Å². The molecule has 35 heavy (non-hydrogen) atoms. The Balaban J connectivity index is 1.63. The van der Waals surface area contributed by atoms with E-state index in [1.807, 2.05) is 42.2 Å². The Bertz CT molecular complexity index is 1010. The van der Waals surface area contributed by atoms with Gasteiger partial charge in [-0.25, -0.2) is 0 Å². The first-order valence-electron chi connectivity index (χ1n) is 12.8. The molecule has 3 rings (SSSR count). The van der Waals surface area contributed by atoms with Gasteiger partial charge in [0, 0.05) is 55.3 Å². The van der Waals surface area contributed by atoms with Crippen molar-refractivity contribution < 1.29 is 9.59 Å². The molecule has 2 aromatic rings. The lowest BCUT2D eigenvalue weighted by Gasteiger charge is -2.40. The lowest BCUT2D eigenvalue weighted by atomic mass is 9.98. The van der Waals surface area contributed by atoms with Crippen LogP contribution in [0.15, 0.2) is 54.6 Å². The van der Waals surface area contributed by atoms with Crippen molar-refractivity contribution in [3.05, 3.63) is 65.7 Å². The Morgan fingerprint density at radius 3 is 2.11 bits per heavy atom. The standard InChI is InChI=1S/C30H39N3O2/c1-23(2)15-20-33(27-13-11-26(12-14-27)10-9-25-7-5-4-6-8-25)28-16-18-32(19-17-28)30(35)22-24(3)21-29(31)34/h4-8,11-14,23-24,28H,15-22H2,1-3H3,(H2,31,34). The summed E-state index contributed by atoms with van der Waals surface area (Å²) in [4.78, 5) is 28.3. The van der Waals surface area contributed by atoms with E-state index in [4.69, 9.17) is 5.73 Å². The highest BCUT2D eigenvalue weighted by molar-refractivity contribution is 5.78. The van der Waals surface area contributed by atoms with Gasteiger partial charge in [0.2, 0.25) is 11.8 Å². The third-order valence-corrected chi connectivity index (χ3v) is 6.60. The number of carbonyl (C=O) groups is 2. The van der Waals surface area contributed by atoms with Crippen LogP contribution in [-0.2, 0) is 9.59 Å². The number of likely N-dealkylation sites (tertiary alicyclic amines) is 1. The van der Waals surface area contributed by atoms with Gasteiger partial charge in [0.1, 0.15) is 0 Å². The first-order valence-corrected chi connectivity index (χ1v) is 12.8. The van der Waals surface area contributed by atoms with E-state index < -0.39 is 0 Å². The Hall–Kier alpha value is -3.26. The zero-order valence-electron chi connectivity index (χ0n) is 21.4. The van der Waals surface area contributed by atoms with Gasteiger partial charge in [-0.3, -0.25) is 9.59 Å². The van der Waals surface area contributed by atoms with Gasteiger partial charge in [0.15, 0.2) is 0 Å². The second kappa shape index (κ2) is 13.0. The molecule has 0 bridgehead atoms. The third-order valence-electron chi connectivity index (χ3n) is 6.60. The van der Waals surface area contributed by atoms with Crippen molar-refractivity contribution in [2.75, 3.05) is 24.5 Å². The molecule has 2 aromatic carbocycles. The molecule has 1 saturated heterocycles. The third kappa shape index (κ3) is 8.47. The van der Waals surface area contributed by atoms with Gasteiger partial charge in [0.05, 0.1) is 0 Å².